The number of amides is 3. The molecular weight excluding hydrogens is 370 g/mol. The first-order valence-electron chi connectivity index (χ1n) is 9.27. The number of aliphatic imine (C=N–C) groups is 1. The average Bonchev–Trinajstić information content (AvgIpc) is 2.70. The summed E-state index contributed by atoms with van der Waals surface area (Å²) in [6, 6.07) is 15.2. The summed E-state index contributed by atoms with van der Waals surface area (Å²) in [6.45, 7) is 4.91. The lowest BCUT2D eigenvalue weighted by atomic mass is 10.1. The normalized spacial score (nSPS) is 17.1. The molecule has 0 fully saturated rings. The highest BCUT2D eigenvalue weighted by Crippen LogP contribution is 2.19. The molecule has 2 aromatic rings. The van der Waals surface area contributed by atoms with E-state index in [-0.39, 0.29) is 23.7 Å². The van der Waals surface area contributed by atoms with Crippen LogP contribution in [0, 0.1) is 0 Å². The van der Waals surface area contributed by atoms with Gasteiger partial charge >= 0.3 is 0 Å². The number of carbonyl (C=O) groups excluding carboxylic acids is 3. The second-order valence-electron chi connectivity index (χ2n) is 6.78. The van der Waals surface area contributed by atoms with Crippen LogP contribution >= 0.6 is 0 Å². The van der Waals surface area contributed by atoms with Crippen molar-refractivity contribution < 1.29 is 14.4 Å². The molecule has 0 unspecified atom stereocenters. The second-order valence-corrected chi connectivity index (χ2v) is 6.78. The number of hydrazine groups is 1. The van der Waals surface area contributed by atoms with Crippen LogP contribution in [0.2, 0.25) is 0 Å². The quantitative estimate of drug-likeness (QED) is 0.724. The maximum atomic E-state index is 12.8. The van der Waals surface area contributed by atoms with Gasteiger partial charge in [0.15, 0.2) is 0 Å². The molecule has 8 heteroatoms. The minimum atomic E-state index is -0.685. The van der Waals surface area contributed by atoms with Gasteiger partial charge in [-0.25, -0.2) is 10.0 Å². The van der Waals surface area contributed by atoms with E-state index in [1.165, 1.54) is 11.9 Å². The molecule has 0 saturated carbocycles. The van der Waals surface area contributed by atoms with Gasteiger partial charge in [0.05, 0.1) is 11.7 Å². The summed E-state index contributed by atoms with van der Waals surface area (Å²) in [4.78, 5) is 40.6. The maximum absolute atomic E-state index is 12.8. The first kappa shape index (κ1) is 20.1. The van der Waals surface area contributed by atoms with Gasteiger partial charge in [-0.2, -0.15) is 0 Å². The molecular formula is C21H23N5O3. The predicted octanol–water partition coefficient (Wildman–Crippen LogP) is 2.16. The number of rotatable bonds is 5. The topological polar surface area (TPSA) is 103 Å². The third-order valence-electron chi connectivity index (χ3n) is 4.40. The van der Waals surface area contributed by atoms with Crippen molar-refractivity contribution in [2.75, 3.05) is 10.3 Å². The molecule has 2 atom stereocenters. The van der Waals surface area contributed by atoms with Crippen molar-refractivity contribution in [3.8, 4) is 0 Å². The number of nitrogens with zero attached hydrogens (tertiary/aromatic N) is 2. The van der Waals surface area contributed by atoms with E-state index in [1.807, 2.05) is 31.2 Å². The fourth-order valence-electron chi connectivity index (χ4n) is 2.94. The minimum Gasteiger partial charge on any atom is -0.343 e. The highest BCUT2D eigenvalue weighted by Gasteiger charge is 2.31. The number of anilines is 2. The van der Waals surface area contributed by atoms with E-state index in [9.17, 15) is 14.4 Å². The van der Waals surface area contributed by atoms with Crippen LogP contribution in [0.15, 0.2) is 59.6 Å². The third kappa shape index (κ3) is 4.78. The van der Waals surface area contributed by atoms with Gasteiger partial charge in [-0.15, -0.1) is 0 Å². The Morgan fingerprint density at radius 1 is 1.14 bits per heavy atom. The molecule has 8 nitrogen and oxygen atoms in total. The summed E-state index contributed by atoms with van der Waals surface area (Å²) < 4.78 is 0. The molecule has 2 aromatic carbocycles. The Labute approximate surface area is 169 Å². The van der Waals surface area contributed by atoms with Crippen molar-refractivity contribution in [3.05, 3.63) is 60.2 Å². The van der Waals surface area contributed by atoms with E-state index in [0.717, 1.165) is 5.56 Å². The van der Waals surface area contributed by atoms with Crippen molar-refractivity contribution in [1.82, 2.24) is 10.7 Å². The number of para-hydroxylation sites is 1. The molecule has 3 rings (SSSR count). The number of benzene rings is 2. The molecule has 0 radical (unpaired) electrons. The Bertz CT molecular complexity index is 958. The third-order valence-corrected chi connectivity index (χ3v) is 4.40. The first-order valence-corrected chi connectivity index (χ1v) is 9.27. The minimum absolute atomic E-state index is 0.0609. The smallest absolute Gasteiger partial charge is 0.288 e. The number of hydrogen-bond donors (Lipinski definition) is 3. The number of nitrogens with one attached hydrogen (secondary N) is 3. The largest absolute Gasteiger partial charge is 0.343 e. The van der Waals surface area contributed by atoms with Gasteiger partial charge in [0.2, 0.25) is 11.7 Å². The molecule has 0 aliphatic carbocycles. The fourth-order valence-corrected chi connectivity index (χ4v) is 2.94. The highest BCUT2D eigenvalue weighted by molar-refractivity contribution is 6.39. The van der Waals surface area contributed by atoms with Crippen molar-refractivity contribution in [3.63, 3.8) is 0 Å². The lowest BCUT2D eigenvalue weighted by Crippen LogP contribution is -2.58. The van der Waals surface area contributed by atoms with Crippen LogP contribution in [0.25, 0.3) is 0 Å². The van der Waals surface area contributed by atoms with Crippen LogP contribution in [-0.2, 0) is 14.4 Å². The van der Waals surface area contributed by atoms with Crippen LogP contribution in [-0.4, -0.2) is 29.6 Å². The Morgan fingerprint density at radius 2 is 1.86 bits per heavy atom. The molecule has 0 aromatic heterocycles. The van der Waals surface area contributed by atoms with Crippen LogP contribution in [0.1, 0.15) is 32.4 Å². The fraction of sp³-hybridized carbons (Fsp3) is 0.238. The lowest BCUT2D eigenvalue weighted by molar-refractivity contribution is -0.120. The van der Waals surface area contributed by atoms with Crippen molar-refractivity contribution in [1.29, 1.82) is 0 Å². The molecule has 0 spiro atoms. The van der Waals surface area contributed by atoms with E-state index < -0.39 is 11.9 Å². The van der Waals surface area contributed by atoms with Gasteiger partial charge in [-0.05, 0) is 43.7 Å². The second kappa shape index (κ2) is 8.55. The van der Waals surface area contributed by atoms with Crippen LogP contribution in [0.3, 0.4) is 0 Å². The summed E-state index contributed by atoms with van der Waals surface area (Å²) >= 11 is 0. The Kier molecular flexibility index (Phi) is 5.92. The molecule has 1 aliphatic heterocycles. The Balaban J connectivity index is 1.73. The zero-order chi connectivity index (χ0) is 21.0. The monoisotopic (exact) mass is 393 g/mol. The molecule has 0 saturated heterocycles. The van der Waals surface area contributed by atoms with Gasteiger partial charge in [-0.3, -0.25) is 19.8 Å². The first-order chi connectivity index (χ1) is 13.8. The summed E-state index contributed by atoms with van der Waals surface area (Å²) in [7, 11) is 0. The zero-order valence-electron chi connectivity index (χ0n) is 16.5. The van der Waals surface area contributed by atoms with Gasteiger partial charge in [0.1, 0.15) is 6.04 Å². The number of amidine groups is 1. The van der Waals surface area contributed by atoms with Crippen LogP contribution < -0.4 is 21.1 Å². The highest BCUT2D eigenvalue weighted by atomic mass is 16.2. The Hall–Kier alpha value is -3.68. The van der Waals surface area contributed by atoms with E-state index in [2.05, 4.69) is 21.1 Å². The van der Waals surface area contributed by atoms with Gasteiger partial charge in [-0.1, -0.05) is 30.3 Å². The number of carbonyl (C=O) groups is 3. The number of hydrogen-bond acceptors (Lipinski definition) is 5. The molecule has 1 aliphatic rings. The molecule has 3 amide bonds. The molecule has 0 bridgehead atoms. The van der Waals surface area contributed by atoms with Crippen molar-refractivity contribution >= 4 is 34.9 Å². The van der Waals surface area contributed by atoms with E-state index in [0.29, 0.717) is 11.4 Å². The van der Waals surface area contributed by atoms with Crippen LogP contribution in [0.4, 0.5) is 11.4 Å². The summed E-state index contributed by atoms with van der Waals surface area (Å²) in [5, 5.41) is 6.92. The summed E-state index contributed by atoms with van der Waals surface area (Å²) in [5.74, 6) is -0.781. The van der Waals surface area contributed by atoms with E-state index in [1.54, 1.807) is 37.3 Å². The zero-order valence-corrected chi connectivity index (χ0v) is 16.5. The molecule has 29 heavy (non-hydrogen) atoms. The van der Waals surface area contributed by atoms with E-state index >= 15 is 0 Å². The van der Waals surface area contributed by atoms with Gasteiger partial charge in [0.25, 0.3) is 11.8 Å². The van der Waals surface area contributed by atoms with Gasteiger partial charge in [0, 0.05) is 12.6 Å². The maximum Gasteiger partial charge on any atom is 0.288 e. The molecule has 3 N–H and O–H groups in total. The Morgan fingerprint density at radius 3 is 2.55 bits per heavy atom. The van der Waals surface area contributed by atoms with Crippen LogP contribution in [0.5, 0.6) is 0 Å². The SMILES string of the molecule is CC(=O)Nc1cccc([C@@H](C)NC(=O)C2=N[C@H](C)C(=O)N(c3ccccc3)N2)c1. The summed E-state index contributed by atoms with van der Waals surface area (Å²) in [6.07, 6.45) is 0. The van der Waals surface area contributed by atoms with Crippen molar-refractivity contribution in [2.24, 2.45) is 4.99 Å². The lowest BCUT2D eigenvalue weighted by Gasteiger charge is -2.31. The standard InChI is InChI=1S/C21H23N5O3/c1-13(16-8-7-9-17(12-16)24-15(3)27)23-20(28)19-22-14(2)21(29)26(25-19)18-10-5-4-6-11-18/h4-14H,1-3H3,(H,22,25)(H,23,28)(H,24,27)/t13-,14-/m1/s1. The average molecular weight is 393 g/mol. The molecule has 1 heterocycles. The van der Waals surface area contributed by atoms with E-state index in [4.69, 9.17) is 0 Å². The summed E-state index contributed by atoms with van der Waals surface area (Å²) in [5.41, 5.74) is 4.91. The van der Waals surface area contributed by atoms with Crippen molar-refractivity contribution in [2.45, 2.75) is 32.9 Å². The predicted molar refractivity (Wildman–Crippen MR) is 111 cm³/mol. The van der Waals surface area contributed by atoms with Gasteiger partial charge < -0.3 is 10.6 Å². The molecule has 150 valence electrons.